The van der Waals surface area contributed by atoms with Crippen LogP contribution in [0.1, 0.15) is 74.1 Å². The third-order valence-electron chi connectivity index (χ3n) is 2.79. The molecular weight excluding hydrogens is 260 g/mol. The van der Waals surface area contributed by atoms with Crippen molar-refractivity contribution in [3.05, 3.63) is 0 Å². The Balaban J connectivity index is -0.0000000862. The molecule has 0 aliphatic heterocycles. The van der Waals surface area contributed by atoms with Crippen molar-refractivity contribution in [1.29, 1.82) is 0 Å². The monoisotopic (exact) mass is 306 g/mol. The number of hydrogen-bond donors (Lipinski definition) is 0. The minimum atomic E-state index is -0.631. The van der Waals surface area contributed by atoms with Crippen LogP contribution in [-0.4, -0.2) is 21.8 Å². The third-order valence-corrected chi connectivity index (χ3v) is 4.91. The minimum Gasteiger partial charge on any atom is -0.385 e. The van der Waals surface area contributed by atoms with Crippen LogP contribution in [0.2, 0.25) is 25.7 Å². The lowest BCUT2D eigenvalue weighted by Crippen LogP contribution is -2.16. The lowest BCUT2D eigenvalue weighted by atomic mass is 10.2. The SMILES string of the molecule is CCC(C)C.CCCC.CCCOC.CC[Si](C)(C)C. The van der Waals surface area contributed by atoms with Crippen molar-refractivity contribution >= 4 is 8.07 Å². The van der Waals surface area contributed by atoms with Crippen molar-refractivity contribution in [1.82, 2.24) is 0 Å². The molecule has 0 rings (SSSR count). The quantitative estimate of drug-likeness (QED) is 0.486. The Kier molecular flexibility index (Phi) is 34.3. The van der Waals surface area contributed by atoms with Crippen molar-refractivity contribution in [2.75, 3.05) is 13.7 Å². The molecule has 0 bridgehead atoms. The second-order valence-corrected chi connectivity index (χ2v) is 12.5. The summed E-state index contributed by atoms with van der Waals surface area (Å²) < 4.78 is 4.69. The maximum absolute atomic E-state index is 4.69. The predicted molar refractivity (Wildman–Crippen MR) is 102 cm³/mol. The van der Waals surface area contributed by atoms with Crippen LogP contribution in [0.15, 0.2) is 0 Å². The zero-order valence-electron chi connectivity index (χ0n) is 16.7. The first-order valence-corrected chi connectivity index (χ1v) is 12.4. The van der Waals surface area contributed by atoms with Gasteiger partial charge in [-0.2, -0.15) is 0 Å². The minimum absolute atomic E-state index is 0.631. The average molecular weight is 307 g/mol. The van der Waals surface area contributed by atoms with Gasteiger partial charge in [-0.3, -0.25) is 0 Å². The summed E-state index contributed by atoms with van der Waals surface area (Å²) >= 11 is 0. The second-order valence-electron chi connectivity index (χ2n) is 6.71. The molecule has 0 N–H and O–H groups in total. The molecule has 0 aliphatic carbocycles. The number of methoxy groups -OCH3 is 1. The van der Waals surface area contributed by atoms with Gasteiger partial charge in [-0.05, 0) is 12.3 Å². The normalized spacial score (nSPS) is 9.60. The summed E-state index contributed by atoms with van der Waals surface area (Å²) in [7, 11) is 1.08. The van der Waals surface area contributed by atoms with E-state index in [-0.39, 0.29) is 0 Å². The predicted octanol–water partition coefficient (Wildman–Crippen LogP) is 7.25. The fraction of sp³-hybridized carbons (Fsp3) is 1.00. The second kappa shape index (κ2) is 24.2. The van der Waals surface area contributed by atoms with E-state index >= 15 is 0 Å². The largest absolute Gasteiger partial charge is 0.385 e. The first-order chi connectivity index (χ1) is 9.16. The van der Waals surface area contributed by atoms with Crippen molar-refractivity contribution in [2.45, 2.75) is 99.8 Å². The van der Waals surface area contributed by atoms with Gasteiger partial charge in [0.25, 0.3) is 0 Å². The van der Waals surface area contributed by atoms with Crippen LogP contribution < -0.4 is 0 Å². The van der Waals surface area contributed by atoms with E-state index in [0.29, 0.717) is 0 Å². The van der Waals surface area contributed by atoms with Crippen LogP contribution in [0.4, 0.5) is 0 Å². The van der Waals surface area contributed by atoms with Gasteiger partial charge in [0.1, 0.15) is 0 Å². The van der Waals surface area contributed by atoms with Gasteiger partial charge in [0.15, 0.2) is 0 Å². The van der Waals surface area contributed by atoms with Gasteiger partial charge in [0, 0.05) is 21.8 Å². The standard InChI is InChI=1S/C5H14Si.C5H12.C4H10O.C4H10/c1-5-6(2,3)4;1-4-5(2)3;1-3-4-5-2;1-3-4-2/h5H2,1-4H3;5H,4H2,1-3H3;3-4H2,1-2H3;3-4H2,1-2H3. The third kappa shape index (κ3) is 80.2. The van der Waals surface area contributed by atoms with Gasteiger partial charge >= 0.3 is 0 Å². The number of unbranched alkanes of at least 4 members (excludes halogenated alkanes) is 1. The molecule has 2 heteroatoms. The van der Waals surface area contributed by atoms with Gasteiger partial charge in [0.2, 0.25) is 0 Å². The van der Waals surface area contributed by atoms with E-state index in [0.717, 1.165) is 18.9 Å². The van der Waals surface area contributed by atoms with Gasteiger partial charge in [-0.1, -0.05) is 93.4 Å². The zero-order valence-corrected chi connectivity index (χ0v) is 17.7. The van der Waals surface area contributed by atoms with E-state index in [1.165, 1.54) is 25.3 Å². The number of ether oxygens (including phenoxy) is 1. The first kappa shape index (κ1) is 28.4. The molecule has 0 aromatic heterocycles. The van der Waals surface area contributed by atoms with Crippen LogP contribution in [-0.2, 0) is 4.74 Å². The summed E-state index contributed by atoms with van der Waals surface area (Å²) in [5.74, 6) is 0.884. The topological polar surface area (TPSA) is 9.23 Å². The molecule has 0 amide bonds. The first-order valence-electron chi connectivity index (χ1n) is 8.65. The highest BCUT2D eigenvalue weighted by Crippen LogP contribution is 2.04. The molecule has 1 nitrogen and oxygen atoms in total. The van der Waals surface area contributed by atoms with E-state index in [1.807, 2.05) is 0 Å². The molecule has 0 aromatic carbocycles. The highest BCUT2D eigenvalue weighted by atomic mass is 28.3. The Morgan fingerprint density at radius 2 is 1.10 bits per heavy atom. The molecular formula is C18H46OSi. The lowest BCUT2D eigenvalue weighted by molar-refractivity contribution is 0.199. The van der Waals surface area contributed by atoms with Crippen LogP contribution in [0, 0.1) is 5.92 Å². The Morgan fingerprint density at radius 1 is 0.800 bits per heavy atom. The van der Waals surface area contributed by atoms with Gasteiger partial charge in [-0.25, -0.2) is 0 Å². The maximum Gasteiger partial charge on any atom is 0.0459 e. The smallest absolute Gasteiger partial charge is 0.0459 e. The van der Waals surface area contributed by atoms with Crippen molar-refractivity contribution in [2.24, 2.45) is 5.92 Å². The summed E-state index contributed by atoms with van der Waals surface area (Å²) in [5.41, 5.74) is 0. The molecule has 0 unspecified atom stereocenters. The molecule has 0 heterocycles. The van der Waals surface area contributed by atoms with Crippen molar-refractivity contribution in [3.63, 3.8) is 0 Å². The van der Waals surface area contributed by atoms with Gasteiger partial charge in [0.05, 0.1) is 0 Å². The summed E-state index contributed by atoms with van der Waals surface area (Å²) in [5, 5.41) is 0. The summed E-state index contributed by atoms with van der Waals surface area (Å²) in [4.78, 5) is 0. The molecule has 0 saturated heterocycles. The number of hydrogen-bond acceptors (Lipinski definition) is 1. The van der Waals surface area contributed by atoms with Crippen molar-refractivity contribution in [3.8, 4) is 0 Å². The van der Waals surface area contributed by atoms with Crippen molar-refractivity contribution < 1.29 is 4.74 Å². The van der Waals surface area contributed by atoms with E-state index in [1.54, 1.807) is 7.11 Å². The summed E-state index contributed by atoms with van der Waals surface area (Å²) in [6, 6.07) is 1.41. The average Bonchev–Trinajstić information content (AvgIpc) is 2.40. The van der Waals surface area contributed by atoms with E-state index in [2.05, 4.69) is 68.1 Å². The van der Waals surface area contributed by atoms with Crippen LogP contribution in [0.25, 0.3) is 0 Å². The van der Waals surface area contributed by atoms with Gasteiger partial charge in [-0.15, -0.1) is 0 Å². The fourth-order valence-electron chi connectivity index (χ4n) is 0.204. The molecule has 0 aromatic rings. The Labute approximate surface area is 132 Å². The zero-order chi connectivity index (χ0) is 17.0. The lowest BCUT2D eigenvalue weighted by Gasteiger charge is -2.09. The highest BCUT2D eigenvalue weighted by molar-refractivity contribution is 6.75. The fourth-order valence-corrected chi connectivity index (χ4v) is 0.204. The molecule has 0 spiro atoms. The Bertz CT molecular complexity index is 124. The molecule has 0 aliphatic rings. The molecule has 128 valence electrons. The van der Waals surface area contributed by atoms with E-state index < -0.39 is 8.07 Å². The van der Waals surface area contributed by atoms with Gasteiger partial charge < -0.3 is 4.74 Å². The van der Waals surface area contributed by atoms with Crippen LogP contribution in [0.5, 0.6) is 0 Å². The summed E-state index contributed by atoms with van der Waals surface area (Å²) in [6.07, 6.45) is 5.07. The Morgan fingerprint density at radius 3 is 1.10 bits per heavy atom. The molecule has 0 saturated carbocycles. The summed E-state index contributed by atoms with van der Waals surface area (Å²) in [6.45, 7) is 23.4. The number of rotatable bonds is 5. The Hall–Kier alpha value is 0.177. The molecule has 0 radical (unpaired) electrons. The maximum atomic E-state index is 4.69. The highest BCUT2D eigenvalue weighted by Gasteiger charge is 2.06. The van der Waals surface area contributed by atoms with E-state index in [4.69, 9.17) is 4.74 Å². The molecule has 0 fully saturated rings. The molecule has 0 atom stereocenters. The van der Waals surface area contributed by atoms with Crippen LogP contribution >= 0.6 is 0 Å². The van der Waals surface area contributed by atoms with Crippen LogP contribution in [0.3, 0.4) is 0 Å². The van der Waals surface area contributed by atoms with E-state index in [9.17, 15) is 0 Å². The molecule has 20 heavy (non-hydrogen) atoms.